The maximum absolute atomic E-state index is 12.5. The Hall–Kier alpha value is -2.09. The normalized spacial score (nSPS) is 16.3. The number of carbonyl (C=O) groups excluding carboxylic acids is 1. The Bertz CT molecular complexity index is 596. The molecule has 0 aromatic carbocycles. The van der Waals surface area contributed by atoms with E-state index in [1.165, 1.54) is 0 Å². The second kappa shape index (κ2) is 8.84. The number of aromatic nitrogens is 2. The first kappa shape index (κ1) is 19.2. The van der Waals surface area contributed by atoms with E-state index in [4.69, 9.17) is 0 Å². The topological polar surface area (TPSA) is 69.0 Å². The molecule has 1 aliphatic rings. The minimum absolute atomic E-state index is 0.0690. The van der Waals surface area contributed by atoms with Crippen LogP contribution >= 0.6 is 0 Å². The predicted molar refractivity (Wildman–Crippen MR) is 101 cm³/mol. The molecule has 2 heterocycles. The smallest absolute Gasteiger partial charge is 0.246 e. The van der Waals surface area contributed by atoms with Crippen LogP contribution in [0.1, 0.15) is 20.8 Å². The van der Waals surface area contributed by atoms with Gasteiger partial charge in [-0.05, 0) is 20.4 Å². The highest BCUT2D eigenvalue weighted by Gasteiger charge is 2.27. The molecule has 140 valence electrons. The van der Waals surface area contributed by atoms with Gasteiger partial charge in [-0.3, -0.25) is 19.4 Å². The number of likely N-dealkylation sites (N-methyl/N-ethyl adjacent to an activating group) is 1. The minimum atomic E-state index is 0.0690. The third-order valence-electron chi connectivity index (χ3n) is 4.55. The number of nitrogens with zero attached hydrogens (tertiary/aromatic N) is 6. The maximum Gasteiger partial charge on any atom is 0.246 e. The standard InChI is InChI=1S/C17H31N7O/c1-6-22(14(2)3)8-7-19-17(18-4)23-9-10-24(16(25)13-23)15-11-20-21(5)12-15/h11-12,14H,6-10,13H2,1-5H3,(H,18,19). The van der Waals surface area contributed by atoms with E-state index >= 15 is 0 Å². The lowest BCUT2D eigenvalue weighted by Gasteiger charge is -2.35. The van der Waals surface area contributed by atoms with Crippen LogP contribution in [0.25, 0.3) is 0 Å². The zero-order chi connectivity index (χ0) is 18.4. The molecule has 25 heavy (non-hydrogen) atoms. The lowest BCUT2D eigenvalue weighted by molar-refractivity contribution is -0.120. The van der Waals surface area contributed by atoms with Gasteiger partial charge in [0.2, 0.25) is 5.91 Å². The number of carbonyl (C=O) groups is 1. The molecule has 0 unspecified atom stereocenters. The second-order valence-corrected chi connectivity index (χ2v) is 6.54. The van der Waals surface area contributed by atoms with Crippen LogP contribution in [0.3, 0.4) is 0 Å². The summed E-state index contributed by atoms with van der Waals surface area (Å²) in [5.41, 5.74) is 0.852. The first-order valence-electron chi connectivity index (χ1n) is 8.94. The summed E-state index contributed by atoms with van der Waals surface area (Å²) in [7, 11) is 3.62. The van der Waals surface area contributed by atoms with Crippen LogP contribution in [0.2, 0.25) is 0 Å². The molecule has 8 nitrogen and oxygen atoms in total. The second-order valence-electron chi connectivity index (χ2n) is 6.54. The minimum Gasteiger partial charge on any atom is -0.355 e. The molecule has 1 aromatic heterocycles. The molecule has 1 N–H and O–H groups in total. The Morgan fingerprint density at radius 2 is 2.20 bits per heavy atom. The lowest BCUT2D eigenvalue weighted by Crippen LogP contribution is -2.56. The van der Waals surface area contributed by atoms with Crippen molar-refractivity contribution in [1.82, 2.24) is 24.9 Å². The molecule has 8 heteroatoms. The van der Waals surface area contributed by atoms with Crippen LogP contribution in [-0.4, -0.2) is 83.8 Å². The molecule has 1 aromatic rings. The Balaban J connectivity index is 1.87. The van der Waals surface area contributed by atoms with Crippen molar-refractivity contribution in [3.05, 3.63) is 12.4 Å². The highest BCUT2D eigenvalue weighted by atomic mass is 16.2. The van der Waals surface area contributed by atoms with Gasteiger partial charge in [-0.1, -0.05) is 6.92 Å². The third-order valence-corrected chi connectivity index (χ3v) is 4.55. The monoisotopic (exact) mass is 349 g/mol. The zero-order valence-electron chi connectivity index (χ0n) is 16.1. The van der Waals surface area contributed by atoms with Crippen molar-refractivity contribution in [3.63, 3.8) is 0 Å². The number of anilines is 1. The van der Waals surface area contributed by atoms with Crippen molar-refractivity contribution >= 4 is 17.6 Å². The van der Waals surface area contributed by atoms with Crippen LogP contribution in [-0.2, 0) is 11.8 Å². The van der Waals surface area contributed by atoms with Gasteiger partial charge < -0.3 is 15.1 Å². The van der Waals surface area contributed by atoms with E-state index in [-0.39, 0.29) is 5.91 Å². The molecule has 1 fully saturated rings. The van der Waals surface area contributed by atoms with E-state index in [0.717, 1.165) is 37.8 Å². The molecule has 2 rings (SSSR count). The molecule has 0 bridgehead atoms. The van der Waals surface area contributed by atoms with E-state index in [1.807, 2.05) is 18.1 Å². The van der Waals surface area contributed by atoms with Crippen molar-refractivity contribution in [2.75, 3.05) is 51.2 Å². The van der Waals surface area contributed by atoms with E-state index in [1.54, 1.807) is 22.8 Å². The Morgan fingerprint density at radius 3 is 2.72 bits per heavy atom. The van der Waals surface area contributed by atoms with Crippen molar-refractivity contribution < 1.29 is 4.79 Å². The number of guanidine groups is 1. The van der Waals surface area contributed by atoms with Crippen molar-refractivity contribution in [3.8, 4) is 0 Å². The number of amides is 1. The number of aryl methyl sites for hydroxylation is 1. The summed E-state index contributed by atoms with van der Waals surface area (Å²) in [6.45, 7) is 11.1. The Labute approximate surface area is 150 Å². The van der Waals surface area contributed by atoms with Gasteiger partial charge in [0.05, 0.1) is 11.9 Å². The molecule has 1 saturated heterocycles. The summed E-state index contributed by atoms with van der Waals surface area (Å²) >= 11 is 0. The molecule has 0 atom stereocenters. The van der Waals surface area contributed by atoms with Crippen LogP contribution in [0.15, 0.2) is 17.4 Å². The van der Waals surface area contributed by atoms with Gasteiger partial charge in [0.25, 0.3) is 0 Å². The molecule has 0 aliphatic carbocycles. The van der Waals surface area contributed by atoms with Gasteiger partial charge in [0, 0.05) is 52.5 Å². The fourth-order valence-corrected chi connectivity index (χ4v) is 3.10. The zero-order valence-corrected chi connectivity index (χ0v) is 16.1. The van der Waals surface area contributed by atoms with Crippen molar-refractivity contribution in [1.29, 1.82) is 0 Å². The van der Waals surface area contributed by atoms with Gasteiger partial charge in [-0.15, -0.1) is 0 Å². The summed E-state index contributed by atoms with van der Waals surface area (Å²) < 4.78 is 1.71. The number of piperazine rings is 1. The van der Waals surface area contributed by atoms with Gasteiger partial charge in [0.15, 0.2) is 5.96 Å². The third kappa shape index (κ3) is 4.94. The highest BCUT2D eigenvalue weighted by Crippen LogP contribution is 2.15. The van der Waals surface area contributed by atoms with E-state index in [2.05, 4.69) is 41.1 Å². The Kier molecular flexibility index (Phi) is 6.81. The maximum atomic E-state index is 12.5. The summed E-state index contributed by atoms with van der Waals surface area (Å²) in [5, 5.41) is 7.53. The molecular formula is C17H31N7O. The lowest BCUT2D eigenvalue weighted by atomic mass is 10.3. The summed E-state index contributed by atoms with van der Waals surface area (Å²) in [4.78, 5) is 23.0. The fraction of sp³-hybridized carbons (Fsp3) is 0.706. The average Bonchev–Trinajstić information content (AvgIpc) is 3.01. The SMILES string of the molecule is CCN(CCNC(=NC)N1CCN(c2cnn(C)c2)C(=O)C1)C(C)C. The fourth-order valence-electron chi connectivity index (χ4n) is 3.10. The molecule has 1 aliphatic heterocycles. The molecule has 0 spiro atoms. The summed E-state index contributed by atoms with van der Waals surface area (Å²) in [6.07, 6.45) is 3.60. The average molecular weight is 349 g/mol. The van der Waals surface area contributed by atoms with Crippen molar-refractivity contribution in [2.24, 2.45) is 12.0 Å². The van der Waals surface area contributed by atoms with Crippen LogP contribution in [0, 0.1) is 0 Å². The summed E-state index contributed by atoms with van der Waals surface area (Å²) in [6, 6.07) is 0.526. The van der Waals surface area contributed by atoms with Gasteiger partial charge in [-0.25, -0.2) is 0 Å². The molecular weight excluding hydrogens is 318 g/mol. The number of nitrogens with one attached hydrogen (secondary N) is 1. The quantitative estimate of drug-likeness (QED) is 0.594. The number of rotatable bonds is 6. The Morgan fingerprint density at radius 1 is 1.44 bits per heavy atom. The first-order valence-corrected chi connectivity index (χ1v) is 8.94. The van der Waals surface area contributed by atoms with Gasteiger partial charge in [0.1, 0.15) is 6.54 Å². The van der Waals surface area contributed by atoms with Crippen LogP contribution < -0.4 is 10.2 Å². The number of hydrogen-bond acceptors (Lipinski definition) is 4. The molecule has 0 saturated carbocycles. The molecule has 0 radical (unpaired) electrons. The van der Waals surface area contributed by atoms with Crippen LogP contribution in [0.4, 0.5) is 5.69 Å². The van der Waals surface area contributed by atoms with E-state index < -0.39 is 0 Å². The number of aliphatic imine (C=N–C) groups is 1. The largest absolute Gasteiger partial charge is 0.355 e. The highest BCUT2D eigenvalue weighted by molar-refractivity contribution is 5.98. The van der Waals surface area contributed by atoms with Gasteiger partial charge in [-0.2, -0.15) is 5.10 Å². The van der Waals surface area contributed by atoms with Crippen LogP contribution in [0.5, 0.6) is 0 Å². The molecule has 1 amide bonds. The van der Waals surface area contributed by atoms with Gasteiger partial charge >= 0.3 is 0 Å². The first-order chi connectivity index (χ1) is 12.0. The predicted octanol–water partition coefficient (Wildman–Crippen LogP) is 0.374. The van der Waals surface area contributed by atoms with E-state index in [9.17, 15) is 4.79 Å². The van der Waals surface area contributed by atoms with Crippen molar-refractivity contribution in [2.45, 2.75) is 26.8 Å². The summed E-state index contributed by atoms with van der Waals surface area (Å²) in [5.74, 6) is 0.860. The number of hydrogen-bond donors (Lipinski definition) is 1. The van der Waals surface area contributed by atoms with E-state index in [0.29, 0.717) is 19.1 Å².